The molecule has 1 saturated heterocycles. The minimum absolute atomic E-state index is 0.0536. The van der Waals surface area contributed by atoms with Gasteiger partial charge in [-0.15, -0.1) is 0 Å². The minimum Gasteiger partial charge on any atom is -0.493 e. The molecule has 0 aromatic heterocycles. The number of alkyl halides is 2. The van der Waals surface area contributed by atoms with E-state index in [0.717, 1.165) is 12.1 Å². The standard InChI is InChI=1S/C22H30F2N2O4/c1-21(2,3)30-20(28)25-18-10-11-22(23,24)13-15(18)14-29-17-8-6-16(7-9-17)26-12-4-5-19(26)27/h6-9,15,18H,4-5,10-14H2,1-3H3,(H,25,28)/t15-,18+/m1/s1. The van der Waals surface area contributed by atoms with Gasteiger partial charge in [-0.05, 0) is 57.9 Å². The topological polar surface area (TPSA) is 67.9 Å². The van der Waals surface area contributed by atoms with Crippen LogP contribution in [0.15, 0.2) is 24.3 Å². The quantitative estimate of drug-likeness (QED) is 0.755. The molecule has 0 bridgehead atoms. The molecule has 6 nitrogen and oxygen atoms in total. The molecular weight excluding hydrogens is 394 g/mol. The molecule has 2 aliphatic rings. The number of halogens is 2. The zero-order chi connectivity index (χ0) is 21.9. The molecule has 1 aliphatic carbocycles. The predicted molar refractivity (Wildman–Crippen MR) is 109 cm³/mol. The highest BCUT2D eigenvalue weighted by Crippen LogP contribution is 2.37. The summed E-state index contributed by atoms with van der Waals surface area (Å²) in [5.41, 5.74) is 0.145. The summed E-state index contributed by atoms with van der Waals surface area (Å²) in [6.07, 6.45) is 0.327. The lowest BCUT2D eigenvalue weighted by Crippen LogP contribution is -2.49. The zero-order valence-electron chi connectivity index (χ0n) is 17.7. The number of alkyl carbamates (subject to hydrolysis) is 1. The SMILES string of the molecule is CC(C)(C)OC(=O)N[C@H]1CCC(F)(F)C[C@@H]1COc1ccc(N2CCCC2=O)cc1. The molecule has 1 aromatic rings. The molecule has 1 heterocycles. The smallest absolute Gasteiger partial charge is 0.407 e. The Bertz CT molecular complexity index is 761. The molecule has 2 amide bonds. The summed E-state index contributed by atoms with van der Waals surface area (Å²) in [4.78, 5) is 25.7. The van der Waals surface area contributed by atoms with E-state index in [4.69, 9.17) is 9.47 Å². The Balaban J connectivity index is 1.60. The van der Waals surface area contributed by atoms with Crippen molar-refractivity contribution in [1.29, 1.82) is 0 Å². The van der Waals surface area contributed by atoms with Crippen molar-refractivity contribution >= 4 is 17.7 Å². The number of anilines is 1. The minimum atomic E-state index is -2.78. The maximum atomic E-state index is 14.0. The van der Waals surface area contributed by atoms with Gasteiger partial charge >= 0.3 is 6.09 Å². The van der Waals surface area contributed by atoms with Gasteiger partial charge in [0.05, 0.1) is 6.61 Å². The molecule has 1 aliphatic heterocycles. The molecule has 0 spiro atoms. The van der Waals surface area contributed by atoms with Crippen LogP contribution in [0.5, 0.6) is 5.75 Å². The Kier molecular flexibility index (Phi) is 6.53. The maximum Gasteiger partial charge on any atom is 0.407 e. The van der Waals surface area contributed by atoms with Crippen molar-refractivity contribution < 1.29 is 27.8 Å². The Morgan fingerprint density at radius 3 is 2.57 bits per heavy atom. The lowest BCUT2D eigenvalue weighted by molar-refractivity contribution is -0.117. The summed E-state index contributed by atoms with van der Waals surface area (Å²) in [6, 6.07) is 6.62. The fraction of sp³-hybridized carbons (Fsp3) is 0.636. The van der Waals surface area contributed by atoms with Crippen molar-refractivity contribution in [3.63, 3.8) is 0 Å². The first-order valence-electron chi connectivity index (χ1n) is 10.4. The van der Waals surface area contributed by atoms with Crippen molar-refractivity contribution in [1.82, 2.24) is 5.32 Å². The molecule has 1 N–H and O–H groups in total. The van der Waals surface area contributed by atoms with Crippen LogP contribution in [0.25, 0.3) is 0 Å². The molecule has 1 aromatic carbocycles. The molecule has 30 heavy (non-hydrogen) atoms. The fourth-order valence-electron chi connectivity index (χ4n) is 3.90. The lowest BCUT2D eigenvalue weighted by Gasteiger charge is -2.36. The molecule has 2 atom stereocenters. The van der Waals surface area contributed by atoms with Gasteiger partial charge in [0.25, 0.3) is 0 Å². The number of ether oxygens (including phenoxy) is 2. The van der Waals surface area contributed by atoms with E-state index in [1.807, 2.05) is 0 Å². The molecule has 8 heteroatoms. The number of rotatable bonds is 5. The van der Waals surface area contributed by atoms with E-state index in [-0.39, 0.29) is 31.8 Å². The molecular formula is C22H30F2N2O4. The molecule has 0 unspecified atom stereocenters. The van der Waals surface area contributed by atoms with Crippen LogP contribution in [-0.4, -0.2) is 42.7 Å². The van der Waals surface area contributed by atoms with E-state index in [2.05, 4.69) is 5.32 Å². The lowest BCUT2D eigenvalue weighted by atomic mass is 9.82. The predicted octanol–water partition coefficient (Wildman–Crippen LogP) is 4.52. The number of benzene rings is 1. The normalized spacial score (nSPS) is 23.9. The fourth-order valence-corrected chi connectivity index (χ4v) is 3.90. The van der Waals surface area contributed by atoms with Gasteiger partial charge in [-0.3, -0.25) is 4.79 Å². The van der Waals surface area contributed by atoms with Gasteiger partial charge in [0.2, 0.25) is 11.8 Å². The van der Waals surface area contributed by atoms with E-state index in [1.54, 1.807) is 49.9 Å². The summed E-state index contributed by atoms with van der Waals surface area (Å²) < 4.78 is 39.0. The van der Waals surface area contributed by atoms with Crippen LogP contribution in [0.1, 0.15) is 52.9 Å². The highest BCUT2D eigenvalue weighted by Gasteiger charge is 2.42. The number of hydrogen-bond acceptors (Lipinski definition) is 4. The Morgan fingerprint density at radius 1 is 1.27 bits per heavy atom. The van der Waals surface area contributed by atoms with E-state index < -0.39 is 29.6 Å². The van der Waals surface area contributed by atoms with Crippen LogP contribution in [0, 0.1) is 5.92 Å². The van der Waals surface area contributed by atoms with Crippen molar-refractivity contribution in [2.45, 2.75) is 70.4 Å². The first-order chi connectivity index (χ1) is 14.0. The summed E-state index contributed by atoms with van der Waals surface area (Å²) >= 11 is 0. The van der Waals surface area contributed by atoms with Crippen molar-refractivity contribution in [2.75, 3.05) is 18.1 Å². The van der Waals surface area contributed by atoms with E-state index in [9.17, 15) is 18.4 Å². The third-order valence-electron chi connectivity index (χ3n) is 5.34. The summed E-state index contributed by atoms with van der Waals surface area (Å²) in [5.74, 6) is -2.68. The van der Waals surface area contributed by atoms with Crippen molar-refractivity contribution in [3.8, 4) is 5.75 Å². The molecule has 3 rings (SSSR count). The average molecular weight is 424 g/mol. The van der Waals surface area contributed by atoms with Crippen LogP contribution in [0.4, 0.5) is 19.3 Å². The van der Waals surface area contributed by atoms with Gasteiger partial charge in [-0.25, -0.2) is 13.6 Å². The maximum absolute atomic E-state index is 14.0. The van der Waals surface area contributed by atoms with Gasteiger partial charge in [0, 0.05) is 43.5 Å². The number of nitrogens with zero attached hydrogens (tertiary/aromatic N) is 1. The number of hydrogen-bond donors (Lipinski definition) is 1. The highest BCUT2D eigenvalue weighted by molar-refractivity contribution is 5.95. The largest absolute Gasteiger partial charge is 0.493 e. The van der Waals surface area contributed by atoms with Crippen LogP contribution in [0.3, 0.4) is 0 Å². The number of amides is 2. The second kappa shape index (κ2) is 8.78. The molecule has 166 valence electrons. The van der Waals surface area contributed by atoms with Gasteiger partial charge in [-0.2, -0.15) is 0 Å². The summed E-state index contributed by atoms with van der Waals surface area (Å²) in [5, 5.41) is 2.73. The van der Waals surface area contributed by atoms with Crippen molar-refractivity contribution in [3.05, 3.63) is 24.3 Å². The summed E-state index contributed by atoms with van der Waals surface area (Å²) in [7, 11) is 0. The van der Waals surface area contributed by atoms with Crippen LogP contribution in [-0.2, 0) is 9.53 Å². The van der Waals surface area contributed by atoms with Gasteiger partial charge < -0.3 is 19.7 Å². The Labute approximate surface area is 175 Å². The van der Waals surface area contributed by atoms with Crippen LogP contribution < -0.4 is 15.0 Å². The van der Waals surface area contributed by atoms with E-state index >= 15 is 0 Å². The third-order valence-corrected chi connectivity index (χ3v) is 5.34. The first-order valence-corrected chi connectivity index (χ1v) is 10.4. The van der Waals surface area contributed by atoms with Gasteiger partial charge in [-0.1, -0.05) is 0 Å². The second-order valence-electron chi connectivity index (χ2n) is 9.07. The van der Waals surface area contributed by atoms with Crippen LogP contribution >= 0.6 is 0 Å². The first kappa shape index (κ1) is 22.3. The number of carbonyl (C=O) groups is 2. The van der Waals surface area contributed by atoms with E-state index in [0.29, 0.717) is 18.7 Å². The van der Waals surface area contributed by atoms with Crippen molar-refractivity contribution in [2.24, 2.45) is 5.92 Å². The van der Waals surface area contributed by atoms with Gasteiger partial charge in [0.1, 0.15) is 11.4 Å². The zero-order valence-corrected chi connectivity index (χ0v) is 17.7. The second-order valence-corrected chi connectivity index (χ2v) is 9.07. The molecule has 0 radical (unpaired) electrons. The monoisotopic (exact) mass is 424 g/mol. The Hall–Kier alpha value is -2.38. The highest BCUT2D eigenvalue weighted by atomic mass is 19.3. The molecule has 2 fully saturated rings. The van der Waals surface area contributed by atoms with Crippen LogP contribution in [0.2, 0.25) is 0 Å². The third kappa shape index (κ3) is 6.06. The number of carbonyl (C=O) groups excluding carboxylic acids is 2. The average Bonchev–Trinajstić information content (AvgIpc) is 3.06. The molecule has 1 saturated carbocycles. The van der Waals surface area contributed by atoms with E-state index in [1.165, 1.54) is 0 Å². The summed E-state index contributed by atoms with van der Waals surface area (Å²) in [6.45, 7) is 6.01. The number of nitrogens with one attached hydrogen (secondary N) is 1. The van der Waals surface area contributed by atoms with Gasteiger partial charge in [0.15, 0.2) is 0 Å². The Morgan fingerprint density at radius 2 is 1.97 bits per heavy atom.